The van der Waals surface area contributed by atoms with Crippen molar-refractivity contribution in [3.63, 3.8) is 0 Å². The quantitative estimate of drug-likeness (QED) is 0.287. The van der Waals surface area contributed by atoms with E-state index < -0.39 is 5.82 Å². The topological polar surface area (TPSA) is 64.3 Å². The molecule has 0 fully saturated rings. The number of hydrogen-bond donors (Lipinski definition) is 2. The second kappa shape index (κ2) is 6.78. The molecule has 0 aromatic heterocycles. The summed E-state index contributed by atoms with van der Waals surface area (Å²) >= 11 is 8.78. The Morgan fingerprint density at radius 3 is 2.94 bits per heavy atom. The van der Waals surface area contributed by atoms with E-state index >= 15 is 0 Å². The molecule has 1 rings (SSSR count). The minimum atomic E-state index is -0.551. The van der Waals surface area contributed by atoms with Crippen molar-refractivity contribution in [3.05, 3.63) is 27.4 Å². The molecule has 4 nitrogen and oxygen atoms in total. The van der Waals surface area contributed by atoms with Gasteiger partial charge >= 0.3 is 0 Å². The molecule has 0 bridgehead atoms. The molecule has 0 unspecified atom stereocenters. The summed E-state index contributed by atoms with van der Waals surface area (Å²) in [5, 5.41) is 0.0201. The summed E-state index contributed by atoms with van der Waals surface area (Å²) in [5.41, 5.74) is 2.01. The zero-order chi connectivity index (χ0) is 12.8. The molecular formula is C10H11BrClFN2O2. The minimum Gasteiger partial charge on any atom is -0.492 e. The Balaban J connectivity index is 2.47. The van der Waals surface area contributed by atoms with E-state index in [1.165, 1.54) is 12.1 Å². The molecule has 7 heteroatoms. The fourth-order valence-electron chi connectivity index (χ4n) is 1.10. The van der Waals surface area contributed by atoms with Crippen LogP contribution in [0.4, 0.5) is 4.39 Å². The molecule has 1 aromatic carbocycles. The first kappa shape index (κ1) is 14.2. The van der Waals surface area contributed by atoms with Gasteiger partial charge in [-0.25, -0.2) is 10.2 Å². The molecule has 0 atom stereocenters. The molecule has 1 aromatic rings. The van der Waals surface area contributed by atoms with Gasteiger partial charge in [0.05, 0.1) is 16.1 Å². The van der Waals surface area contributed by atoms with E-state index in [1.54, 1.807) is 0 Å². The maximum Gasteiger partial charge on any atom is 0.234 e. The van der Waals surface area contributed by atoms with Crippen molar-refractivity contribution in [2.24, 2.45) is 5.84 Å². The van der Waals surface area contributed by atoms with Crippen LogP contribution in [0.3, 0.4) is 0 Å². The molecule has 0 radical (unpaired) electrons. The summed E-state index contributed by atoms with van der Waals surface area (Å²) in [5.74, 6) is 4.44. The Bertz CT molecular complexity index is 418. The highest BCUT2D eigenvalue weighted by atomic mass is 79.9. The van der Waals surface area contributed by atoms with Crippen molar-refractivity contribution in [1.29, 1.82) is 0 Å². The normalized spacial score (nSPS) is 10.1. The van der Waals surface area contributed by atoms with Gasteiger partial charge < -0.3 is 4.74 Å². The smallest absolute Gasteiger partial charge is 0.234 e. The standard InChI is InChI=1S/C10H11BrClFN2O2/c11-6-4-7(12)8(13)5-9(6)17-3-1-2-10(16)15-14/h4-5H,1-3,14H2,(H,15,16). The first-order chi connectivity index (χ1) is 8.04. The molecule has 94 valence electrons. The Morgan fingerprint density at radius 2 is 2.29 bits per heavy atom. The van der Waals surface area contributed by atoms with Gasteiger partial charge in [0.25, 0.3) is 0 Å². The van der Waals surface area contributed by atoms with Gasteiger partial charge in [0.1, 0.15) is 11.6 Å². The third kappa shape index (κ3) is 4.49. The van der Waals surface area contributed by atoms with Gasteiger partial charge in [-0.3, -0.25) is 10.2 Å². The lowest BCUT2D eigenvalue weighted by Crippen LogP contribution is -2.29. The summed E-state index contributed by atoms with van der Waals surface area (Å²) in [7, 11) is 0. The summed E-state index contributed by atoms with van der Waals surface area (Å²) in [6.45, 7) is 0.285. The van der Waals surface area contributed by atoms with E-state index in [0.29, 0.717) is 16.6 Å². The number of benzene rings is 1. The predicted octanol–water partition coefficient (Wildman–Crippen LogP) is 2.39. The van der Waals surface area contributed by atoms with E-state index in [0.717, 1.165) is 0 Å². The molecular weight excluding hydrogens is 314 g/mol. The monoisotopic (exact) mass is 324 g/mol. The van der Waals surface area contributed by atoms with Gasteiger partial charge in [-0.05, 0) is 28.4 Å². The fraction of sp³-hybridized carbons (Fsp3) is 0.300. The van der Waals surface area contributed by atoms with Crippen LogP contribution in [0.25, 0.3) is 0 Å². The van der Waals surface area contributed by atoms with E-state index in [9.17, 15) is 9.18 Å². The van der Waals surface area contributed by atoms with Crippen molar-refractivity contribution >= 4 is 33.4 Å². The van der Waals surface area contributed by atoms with Gasteiger partial charge in [0.15, 0.2) is 0 Å². The number of hydrazine groups is 1. The second-order valence-electron chi connectivity index (χ2n) is 3.22. The van der Waals surface area contributed by atoms with Gasteiger partial charge in [0.2, 0.25) is 5.91 Å². The molecule has 1 amide bonds. The number of amides is 1. The Labute approximate surface area is 111 Å². The van der Waals surface area contributed by atoms with Crippen LogP contribution in [0.1, 0.15) is 12.8 Å². The van der Waals surface area contributed by atoms with Crippen molar-refractivity contribution < 1.29 is 13.9 Å². The van der Waals surface area contributed by atoms with Crippen LogP contribution in [-0.4, -0.2) is 12.5 Å². The van der Waals surface area contributed by atoms with E-state index in [2.05, 4.69) is 15.9 Å². The number of halogens is 3. The summed E-state index contributed by atoms with van der Waals surface area (Å²) in [6, 6.07) is 2.61. The maximum atomic E-state index is 13.1. The number of nitrogens with two attached hydrogens (primary N) is 1. The highest BCUT2D eigenvalue weighted by Crippen LogP contribution is 2.30. The molecule has 0 aliphatic heterocycles. The van der Waals surface area contributed by atoms with Gasteiger partial charge in [-0.15, -0.1) is 0 Å². The van der Waals surface area contributed by atoms with E-state index in [4.69, 9.17) is 22.2 Å². The largest absolute Gasteiger partial charge is 0.492 e. The van der Waals surface area contributed by atoms with Crippen LogP contribution < -0.4 is 16.0 Å². The molecule has 0 heterocycles. The van der Waals surface area contributed by atoms with Crippen LogP contribution in [0.15, 0.2) is 16.6 Å². The Hall–Kier alpha value is -0.850. The number of rotatable bonds is 5. The second-order valence-corrected chi connectivity index (χ2v) is 4.48. The fourth-order valence-corrected chi connectivity index (χ4v) is 1.86. The number of carbonyl (C=O) groups is 1. The van der Waals surface area contributed by atoms with Crippen LogP contribution in [-0.2, 0) is 4.79 Å². The SMILES string of the molecule is NNC(=O)CCCOc1cc(F)c(Cl)cc1Br. The Kier molecular flexibility index (Phi) is 5.67. The summed E-state index contributed by atoms with van der Waals surface area (Å²) < 4.78 is 19.0. The summed E-state index contributed by atoms with van der Waals surface area (Å²) in [4.78, 5) is 10.8. The Morgan fingerprint density at radius 1 is 1.59 bits per heavy atom. The summed E-state index contributed by atoms with van der Waals surface area (Å²) in [6.07, 6.45) is 0.740. The number of hydrogen-bond acceptors (Lipinski definition) is 3. The third-order valence-corrected chi connectivity index (χ3v) is 2.85. The lowest BCUT2D eigenvalue weighted by Gasteiger charge is -2.08. The molecule has 0 spiro atoms. The lowest BCUT2D eigenvalue weighted by atomic mass is 10.3. The highest BCUT2D eigenvalue weighted by Gasteiger charge is 2.08. The first-order valence-corrected chi connectivity index (χ1v) is 5.98. The molecule has 0 aliphatic rings. The van der Waals surface area contributed by atoms with E-state index in [1.807, 2.05) is 5.43 Å². The third-order valence-electron chi connectivity index (χ3n) is 1.94. The van der Waals surface area contributed by atoms with Crippen LogP contribution in [0.5, 0.6) is 5.75 Å². The minimum absolute atomic E-state index is 0.0201. The predicted molar refractivity (Wildman–Crippen MR) is 66.2 cm³/mol. The van der Waals surface area contributed by atoms with Gasteiger partial charge in [0, 0.05) is 12.5 Å². The van der Waals surface area contributed by atoms with Crippen molar-refractivity contribution in [2.75, 3.05) is 6.61 Å². The average molecular weight is 326 g/mol. The molecule has 0 saturated heterocycles. The zero-order valence-electron chi connectivity index (χ0n) is 8.80. The van der Waals surface area contributed by atoms with Crippen molar-refractivity contribution in [3.8, 4) is 5.75 Å². The average Bonchev–Trinajstić information content (AvgIpc) is 2.30. The van der Waals surface area contributed by atoms with Crippen LogP contribution in [0.2, 0.25) is 5.02 Å². The van der Waals surface area contributed by atoms with Crippen LogP contribution >= 0.6 is 27.5 Å². The first-order valence-electron chi connectivity index (χ1n) is 4.81. The zero-order valence-corrected chi connectivity index (χ0v) is 11.1. The highest BCUT2D eigenvalue weighted by molar-refractivity contribution is 9.10. The molecule has 0 aliphatic carbocycles. The molecule has 0 saturated carbocycles. The molecule has 17 heavy (non-hydrogen) atoms. The van der Waals surface area contributed by atoms with Crippen LogP contribution in [0, 0.1) is 5.82 Å². The van der Waals surface area contributed by atoms with Crippen molar-refractivity contribution in [2.45, 2.75) is 12.8 Å². The van der Waals surface area contributed by atoms with Gasteiger partial charge in [-0.1, -0.05) is 11.6 Å². The number of nitrogens with one attached hydrogen (secondary N) is 1. The van der Waals surface area contributed by atoms with E-state index in [-0.39, 0.29) is 24.0 Å². The van der Waals surface area contributed by atoms with Gasteiger partial charge in [-0.2, -0.15) is 0 Å². The maximum absolute atomic E-state index is 13.1. The molecule has 3 N–H and O–H groups in total. The van der Waals surface area contributed by atoms with Crippen molar-refractivity contribution in [1.82, 2.24) is 5.43 Å². The number of carbonyl (C=O) groups excluding carboxylic acids is 1. The lowest BCUT2D eigenvalue weighted by molar-refractivity contribution is -0.121. The number of ether oxygens (including phenoxy) is 1.